The first-order valence-electron chi connectivity index (χ1n) is 8.51. The third-order valence-electron chi connectivity index (χ3n) is 4.93. The van der Waals surface area contributed by atoms with Gasteiger partial charge in [0.05, 0.1) is 29.0 Å². The fraction of sp³-hybridized carbons (Fsp3) is 0.333. The van der Waals surface area contributed by atoms with Crippen LogP contribution in [0.15, 0.2) is 29.1 Å². The van der Waals surface area contributed by atoms with Gasteiger partial charge in [-0.2, -0.15) is 0 Å². The van der Waals surface area contributed by atoms with Crippen molar-refractivity contribution in [2.45, 2.75) is 6.42 Å². The number of carbonyl (C=O) groups excluding carboxylic acids is 2. The first kappa shape index (κ1) is 17.7. The van der Waals surface area contributed by atoms with Crippen LogP contribution in [-0.2, 0) is 4.79 Å². The lowest BCUT2D eigenvalue weighted by atomic mass is 10.1. The fourth-order valence-corrected chi connectivity index (χ4v) is 3.68. The number of hydrogen-bond donors (Lipinski definition) is 3. The summed E-state index contributed by atoms with van der Waals surface area (Å²) in [6.45, 7) is 0. The Morgan fingerprint density at radius 2 is 2.00 bits per heavy atom. The second-order valence-electron chi connectivity index (χ2n) is 6.60. The lowest BCUT2D eigenvalue weighted by Crippen LogP contribution is -2.21. The van der Waals surface area contributed by atoms with E-state index in [1.165, 1.54) is 6.20 Å². The Bertz CT molecular complexity index is 927. The number of anilines is 3. The van der Waals surface area contributed by atoms with Crippen molar-refractivity contribution in [3.63, 3.8) is 0 Å². The summed E-state index contributed by atoms with van der Waals surface area (Å²) < 4.78 is 6.06. The Labute approximate surface area is 164 Å². The van der Waals surface area contributed by atoms with Gasteiger partial charge in [-0.1, -0.05) is 0 Å². The minimum absolute atomic E-state index is 0.0101. The Kier molecular flexibility index (Phi) is 4.47. The number of fused-ring (bicyclic) bond motifs is 1. The van der Waals surface area contributed by atoms with Gasteiger partial charge in [-0.05, 0) is 34.2 Å². The molecule has 4 rings (SSSR count). The maximum atomic E-state index is 12.2. The van der Waals surface area contributed by atoms with Crippen LogP contribution in [0.2, 0.25) is 0 Å². The Balaban J connectivity index is 1.63. The quantitative estimate of drug-likeness (QED) is 0.648. The summed E-state index contributed by atoms with van der Waals surface area (Å²) in [7, 11) is 3.09. The van der Waals surface area contributed by atoms with Crippen LogP contribution in [0.3, 0.4) is 0 Å². The van der Waals surface area contributed by atoms with E-state index in [0.717, 1.165) is 6.42 Å². The number of pyridine rings is 2. The van der Waals surface area contributed by atoms with Crippen LogP contribution in [0.25, 0.3) is 0 Å². The van der Waals surface area contributed by atoms with E-state index in [0.29, 0.717) is 44.8 Å². The number of carbonyl (C=O) groups is 2. The molecule has 3 N–H and O–H groups in total. The van der Waals surface area contributed by atoms with Crippen molar-refractivity contribution in [2.75, 3.05) is 24.8 Å². The number of amides is 2. The molecule has 27 heavy (non-hydrogen) atoms. The molecule has 140 valence electrons. The minimum atomic E-state index is -0.298. The maximum absolute atomic E-state index is 12.2. The van der Waals surface area contributed by atoms with Gasteiger partial charge in [0, 0.05) is 31.4 Å². The van der Waals surface area contributed by atoms with Crippen molar-refractivity contribution in [3.05, 3.63) is 34.7 Å². The molecule has 2 aromatic rings. The van der Waals surface area contributed by atoms with Gasteiger partial charge in [-0.25, -0.2) is 4.98 Å². The molecule has 9 heteroatoms. The van der Waals surface area contributed by atoms with Crippen LogP contribution in [0.1, 0.15) is 16.8 Å². The molecule has 8 nitrogen and oxygen atoms in total. The zero-order valence-corrected chi connectivity index (χ0v) is 16.3. The van der Waals surface area contributed by atoms with Crippen molar-refractivity contribution in [1.29, 1.82) is 0 Å². The van der Waals surface area contributed by atoms with Crippen LogP contribution in [0.4, 0.5) is 17.2 Å². The van der Waals surface area contributed by atoms with Gasteiger partial charge < -0.3 is 20.7 Å². The van der Waals surface area contributed by atoms with Crippen LogP contribution < -0.4 is 20.7 Å². The topological polar surface area (TPSA) is 105 Å². The van der Waals surface area contributed by atoms with E-state index in [9.17, 15) is 9.59 Å². The number of hydrogen-bond acceptors (Lipinski definition) is 6. The van der Waals surface area contributed by atoms with Crippen LogP contribution in [0.5, 0.6) is 5.75 Å². The summed E-state index contributed by atoms with van der Waals surface area (Å²) in [4.78, 5) is 32.8. The van der Waals surface area contributed by atoms with Gasteiger partial charge in [-0.15, -0.1) is 0 Å². The molecular weight excluding hydrogens is 414 g/mol. The lowest BCUT2D eigenvalue weighted by molar-refractivity contribution is -0.118. The van der Waals surface area contributed by atoms with E-state index in [-0.39, 0.29) is 17.7 Å². The number of aromatic nitrogens is 2. The number of halogens is 1. The average molecular weight is 432 g/mol. The van der Waals surface area contributed by atoms with Crippen molar-refractivity contribution >= 4 is 44.9 Å². The predicted octanol–water partition coefficient (Wildman–Crippen LogP) is 2.56. The lowest BCUT2D eigenvalue weighted by Gasteiger charge is -2.16. The van der Waals surface area contributed by atoms with E-state index >= 15 is 0 Å². The molecule has 0 aromatic carbocycles. The summed E-state index contributed by atoms with van der Waals surface area (Å²) >= 11 is 3.39. The smallest absolute Gasteiger partial charge is 0.254 e. The number of nitrogens with zero attached hydrogens (tertiary/aromatic N) is 2. The van der Waals surface area contributed by atoms with Gasteiger partial charge >= 0.3 is 0 Å². The molecule has 0 aliphatic heterocycles. The van der Waals surface area contributed by atoms with Crippen molar-refractivity contribution < 1.29 is 14.3 Å². The second-order valence-corrected chi connectivity index (χ2v) is 7.45. The Hall–Kier alpha value is -2.68. The van der Waals surface area contributed by atoms with Crippen molar-refractivity contribution in [2.24, 2.45) is 17.8 Å². The molecule has 2 atom stereocenters. The minimum Gasteiger partial charge on any atom is -0.493 e. The summed E-state index contributed by atoms with van der Waals surface area (Å²) in [5.74, 6) is 1.87. The van der Waals surface area contributed by atoms with Crippen LogP contribution in [-0.4, -0.2) is 35.9 Å². The van der Waals surface area contributed by atoms with E-state index in [4.69, 9.17) is 4.74 Å². The number of methoxy groups -OCH3 is 1. The SMILES string of the molecule is CNC(=O)c1cnc(NC(=O)C2C3CC32)cc1Nc1cncc(Br)c1OC. The molecular formula is C18H18BrN5O3. The largest absolute Gasteiger partial charge is 0.493 e. The summed E-state index contributed by atoms with van der Waals surface area (Å²) in [5.41, 5.74) is 1.40. The highest BCUT2D eigenvalue weighted by atomic mass is 79.9. The molecule has 2 heterocycles. The summed E-state index contributed by atoms with van der Waals surface area (Å²) in [6, 6.07) is 1.64. The molecule has 2 aliphatic rings. The molecule has 2 amide bonds. The third-order valence-corrected chi connectivity index (χ3v) is 5.49. The van der Waals surface area contributed by atoms with E-state index in [1.54, 1.807) is 32.6 Å². The average Bonchev–Trinajstić information content (AvgIpc) is 3.54. The molecule has 2 fully saturated rings. The molecule has 2 saturated carbocycles. The van der Waals surface area contributed by atoms with Gasteiger partial charge in [0.1, 0.15) is 11.5 Å². The van der Waals surface area contributed by atoms with E-state index in [2.05, 4.69) is 41.8 Å². The summed E-state index contributed by atoms with van der Waals surface area (Å²) in [5, 5.41) is 8.58. The Morgan fingerprint density at radius 3 is 2.63 bits per heavy atom. The molecule has 0 spiro atoms. The zero-order valence-electron chi connectivity index (χ0n) is 14.7. The molecule has 2 aromatic heterocycles. The second kappa shape index (κ2) is 6.80. The first-order valence-corrected chi connectivity index (χ1v) is 9.30. The molecule has 0 bridgehead atoms. The van der Waals surface area contributed by atoms with Gasteiger partial charge in [-0.3, -0.25) is 14.6 Å². The van der Waals surface area contributed by atoms with Crippen LogP contribution >= 0.6 is 15.9 Å². The van der Waals surface area contributed by atoms with Crippen molar-refractivity contribution in [3.8, 4) is 5.75 Å². The van der Waals surface area contributed by atoms with Gasteiger partial charge in [0.25, 0.3) is 5.91 Å². The maximum Gasteiger partial charge on any atom is 0.254 e. The molecule has 2 unspecified atom stereocenters. The van der Waals surface area contributed by atoms with Crippen molar-refractivity contribution in [1.82, 2.24) is 15.3 Å². The monoisotopic (exact) mass is 431 g/mol. The van der Waals surface area contributed by atoms with Gasteiger partial charge in [0.15, 0.2) is 5.75 Å². The highest BCUT2D eigenvalue weighted by Crippen LogP contribution is 2.68. The predicted molar refractivity (Wildman–Crippen MR) is 103 cm³/mol. The highest BCUT2D eigenvalue weighted by Gasteiger charge is 2.67. The zero-order chi connectivity index (χ0) is 19.1. The number of rotatable bonds is 6. The van der Waals surface area contributed by atoms with Crippen LogP contribution in [0, 0.1) is 17.8 Å². The normalized spacial score (nSPS) is 21.7. The fourth-order valence-electron chi connectivity index (χ4n) is 3.18. The first-order chi connectivity index (χ1) is 13.0. The standard InChI is InChI=1S/C18H18BrN5O3/c1-20-17(25)10-5-22-14(24-18(26)15-8-3-9(8)15)4-12(10)23-13-7-21-6-11(19)16(13)27-2/h4-9,15H,3H2,1-2H3,(H,20,25)(H2,22,23,24,26). The number of ether oxygens (including phenoxy) is 1. The van der Waals surface area contributed by atoms with E-state index < -0.39 is 0 Å². The number of nitrogens with one attached hydrogen (secondary N) is 3. The third kappa shape index (κ3) is 3.34. The van der Waals surface area contributed by atoms with Gasteiger partial charge in [0.2, 0.25) is 5.91 Å². The Morgan fingerprint density at radius 1 is 1.22 bits per heavy atom. The molecule has 2 aliphatic carbocycles. The summed E-state index contributed by atoms with van der Waals surface area (Å²) in [6.07, 6.45) is 5.79. The van der Waals surface area contributed by atoms with E-state index in [1.807, 2.05) is 0 Å². The molecule has 0 radical (unpaired) electrons. The molecule has 0 saturated heterocycles. The highest BCUT2D eigenvalue weighted by molar-refractivity contribution is 9.10.